The van der Waals surface area contributed by atoms with Gasteiger partial charge >= 0.3 is 0 Å². The van der Waals surface area contributed by atoms with Crippen LogP contribution in [0.2, 0.25) is 0 Å². The van der Waals surface area contributed by atoms with Gasteiger partial charge in [-0.3, -0.25) is 4.99 Å². The number of hydrogen-bond donors (Lipinski definition) is 0. The maximum Gasteiger partial charge on any atom is 0.129 e. The normalized spacial score (nSPS) is 21.7. The van der Waals surface area contributed by atoms with E-state index in [9.17, 15) is 0 Å². The average molecular weight is 450 g/mol. The number of fused-ring (bicyclic) bond motifs is 3. The van der Waals surface area contributed by atoms with Crippen molar-refractivity contribution < 1.29 is 18.9 Å². The molecular formula is C28H35NO4. The Bertz CT molecular complexity index is 1030. The molecule has 5 nitrogen and oxygen atoms in total. The molecule has 0 bridgehead atoms. The van der Waals surface area contributed by atoms with E-state index < -0.39 is 0 Å². The zero-order chi connectivity index (χ0) is 22.8. The van der Waals surface area contributed by atoms with Gasteiger partial charge in [0.2, 0.25) is 0 Å². The Labute approximate surface area is 197 Å². The second-order valence-electron chi connectivity index (χ2n) is 9.64. The summed E-state index contributed by atoms with van der Waals surface area (Å²) in [5.41, 5.74) is 6.88. The molecule has 0 spiro atoms. The summed E-state index contributed by atoms with van der Waals surface area (Å²) in [7, 11) is 5.20. The fraction of sp³-hybridized carbons (Fsp3) is 0.536. The number of nitrogens with zero attached hydrogens (tertiary/aromatic N) is 1. The summed E-state index contributed by atoms with van der Waals surface area (Å²) in [6.07, 6.45) is 7.36. The van der Waals surface area contributed by atoms with Crippen molar-refractivity contribution in [3.8, 4) is 11.5 Å². The second-order valence-corrected chi connectivity index (χ2v) is 9.64. The molecule has 33 heavy (non-hydrogen) atoms. The minimum Gasteiger partial charge on any atom is -0.496 e. The van der Waals surface area contributed by atoms with Crippen LogP contribution < -0.4 is 9.47 Å². The van der Waals surface area contributed by atoms with Crippen molar-refractivity contribution in [1.29, 1.82) is 0 Å². The van der Waals surface area contributed by atoms with Crippen LogP contribution in [0, 0.1) is 5.92 Å². The van der Waals surface area contributed by atoms with E-state index in [1.807, 2.05) is 0 Å². The summed E-state index contributed by atoms with van der Waals surface area (Å²) in [4.78, 5) is 5.36. The molecule has 176 valence electrons. The molecule has 5 rings (SSSR count). The summed E-state index contributed by atoms with van der Waals surface area (Å²) in [6.45, 7) is 1.88. The van der Waals surface area contributed by atoms with Crippen LogP contribution in [0.1, 0.15) is 72.3 Å². The Kier molecular flexibility index (Phi) is 6.70. The fourth-order valence-electron chi connectivity index (χ4n) is 5.32. The lowest BCUT2D eigenvalue weighted by molar-refractivity contribution is 0.181. The predicted octanol–water partition coefficient (Wildman–Crippen LogP) is 5.65. The maximum absolute atomic E-state index is 6.38. The average Bonchev–Trinajstić information content (AvgIpc) is 3.67. The molecule has 0 saturated heterocycles. The highest BCUT2D eigenvalue weighted by Gasteiger charge is 2.35. The molecule has 0 amide bonds. The Balaban J connectivity index is 1.62. The highest BCUT2D eigenvalue weighted by Crippen LogP contribution is 2.44. The van der Waals surface area contributed by atoms with E-state index in [1.165, 1.54) is 43.2 Å². The van der Waals surface area contributed by atoms with Gasteiger partial charge in [0.25, 0.3) is 0 Å². The molecule has 0 aromatic heterocycles. The molecule has 2 saturated carbocycles. The molecule has 2 unspecified atom stereocenters. The molecule has 1 heterocycles. The molecule has 5 heteroatoms. The standard InChI is InChI=1S/C28H35NO4/c1-30-15-19-10-11-22(27(12-19)33-16-18-8-9-18)28-24-14-26(32-3)20(17-31-2)13-23(24)21-6-4-5-7-25(21)29-28/h10-14,18,21,25H,4-9,15-17H2,1-3H3. The molecule has 3 aliphatic rings. The Morgan fingerprint density at radius 2 is 1.67 bits per heavy atom. The highest BCUT2D eigenvalue weighted by atomic mass is 16.5. The van der Waals surface area contributed by atoms with E-state index in [-0.39, 0.29) is 0 Å². The van der Waals surface area contributed by atoms with E-state index >= 15 is 0 Å². The lowest BCUT2D eigenvalue weighted by atomic mass is 9.74. The summed E-state index contributed by atoms with van der Waals surface area (Å²) < 4.78 is 23.0. The molecule has 2 fully saturated rings. The summed E-state index contributed by atoms with van der Waals surface area (Å²) in [5.74, 6) is 2.91. The number of rotatable bonds is 9. The fourth-order valence-corrected chi connectivity index (χ4v) is 5.32. The molecule has 2 aromatic rings. The second kappa shape index (κ2) is 9.86. The van der Waals surface area contributed by atoms with E-state index in [0.29, 0.717) is 31.1 Å². The number of ether oxygens (including phenoxy) is 4. The van der Waals surface area contributed by atoms with Gasteiger partial charge in [-0.05, 0) is 67.0 Å². The number of benzene rings is 2. The largest absolute Gasteiger partial charge is 0.496 e. The molecule has 2 aromatic carbocycles. The van der Waals surface area contributed by atoms with Crippen molar-refractivity contribution in [3.63, 3.8) is 0 Å². The van der Waals surface area contributed by atoms with Gasteiger partial charge in [0, 0.05) is 36.8 Å². The van der Waals surface area contributed by atoms with Crippen LogP contribution in [0.15, 0.2) is 35.3 Å². The third-order valence-electron chi connectivity index (χ3n) is 7.22. The molecule has 1 aliphatic heterocycles. The van der Waals surface area contributed by atoms with E-state index in [0.717, 1.165) is 46.9 Å². The molecular weight excluding hydrogens is 414 g/mol. The van der Waals surface area contributed by atoms with Crippen LogP contribution in [0.3, 0.4) is 0 Å². The van der Waals surface area contributed by atoms with Crippen molar-refractivity contribution >= 4 is 5.71 Å². The van der Waals surface area contributed by atoms with Gasteiger partial charge < -0.3 is 18.9 Å². The van der Waals surface area contributed by atoms with Crippen LogP contribution in [0.5, 0.6) is 11.5 Å². The number of hydrogen-bond acceptors (Lipinski definition) is 5. The summed E-state index contributed by atoms with van der Waals surface area (Å²) in [6, 6.07) is 11.2. The van der Waals surface area contributed by atoms with Crippen LogP contribution in [-0.2, 0) is 22.7 Å². The third kappa shape index (κ3) is 4.67. The van der Waals surface area contributed by atoms with Crippen molar-refractivity contribution in [3.05, 3.63) is 58.1 Å². The van der Waals surface area contributed by atoms with Gasteiger partial charge in [-0.25, -0.2) is 0 Å². The van der Waals surface area contributed by atoms with Crippen LogP contribution in [0.25, 0.3) is 0 Å². The van der Waals surface area contributed by atoms with E-state index in [2.05, 4.69) is 30.3 Å². The van der Waals surface area contributed by atoms with E-state index in [1.54, 1.807) is 21.3 Å². The van der Waals surface area contributed by atoms with Gasteiger partial charge in [0.05, 0.1) is 38.7 Å². The minimum atomic E-state index is 0.319. The van der Waals surface area contributed by atoms with Gasteiger partial charge in [-0.1, -0.05) is 18.9 Å². The monoisotopic (exact) mass is 449 g/mol. The molecule has 0 N–H and O–H groups in total. The first-order chi connectivity index (χ1) is 16.2. The van der Waals surface area contributed by atoms with Crippen LogP contribution in [0.4, 0.5) is 0 Å². The Morgan fingerprint density at radius 3 is 2.42 bits per heavy atom. The lowest BCUT2D eigenvalue weighted by Gasteiger charge is -2.36. The first-order valence-corrected chi connectivity index (χ1v) is 12.2. The quantitative estimate of drug-likeness (QED) is 0.496. The van der Waals surface area contributed by atoms with Gasteiger partial charge in [0.1, 0.15) is 11.5 Å². The summed E-state index contributed by atoms with van der Waals surface area (Å²) >= 11 is 0. The minimum absolute atomic E-state index is 0.319. The predicted molar refractivity (Wildman–Crippen MR) is 130 cm³/mol. The van der Waals surface area contributed by atoms with Crippen molar-refractivity contribution in [2.75, 3.05) is 27.9 Å². The van der Waals surface area contributed by atoms with Gasteiger partial charge in [-0.15, -0.1) is 0 Å². The SMILES string of the molecule is COCc1ccc(C2=NC3CCCCC3c3cc(COC)c(OC)cc32)c(OCC2CC2)c1. The molecule has 2 aliphatic carbocycles. The lowest BCUT2D eigenvalue weighted by Crippen LogP contribution is -2.30. The highest BCUT2D eigenvalue weighted by molar-refractivity contribution is 6.16. The van der Waals surface area contributed by atoms with Crippen LogP contribution in [-0.4, -0.2) is 39.7 Å². The van der Waals surface area contributed by atoms with Crippen molar-refractivity contribution in [2.24, 2.45) is 10.9 Å². The van der Waals surface area contributed by atoms with Gasteiger partial charge in [-0.2, -0.15) is 0 Å². The third-order valence-corrected chi connectivity index (χ3v) is 7.22. The Hall–Kier alpha value is -2.37. The summed E-state index contributed by atoms with van der Waals surface area (Å²) in [5, 5.41) is 0. The first-order valence-electron chi connectivity index (χ1n) is 12.2. The maximum atomic E-state index is 6.38. The first kappa shape index (κ1) is 22.4. The zero-order valence-corrected chi connectivity index (χ0v) is 20.1. The van der Waals surface area contributed by atoms with Gasteiger partial charge in [0.15, 0.2) is 0 Å². The number of aliphatic imine (C=N–C) groups is 1. The molecule has 2 atom stereocenters. The number of methoxy groups -OCH3 is 3. The van der Waals surface area contributed by atoms with Crippen LogP contribution >= 0.6 is 0 Å². The zero-order valence-electron chi connectivity index (χ0n) is 20.1. The Morgan fingerprint density at radius 1 is 0.848 bits per heavy atom. The molecule has 0 radical (unpaired) electrons. The van der Waals surface area contributed by atoms with Crippen molar-refractivity contribution in [1.82, 2.24) is 0 Å². The topological polar surface area (TPSA) is 49.3 Å². The van der Waals surface area contributed by atoms with Crippen molar-refractivity contribution in [2.45, 2.75) is 63.7 Å². The smallest absolute Gasteiger partial charge is 0.129 e. The van der Waals surface area contributed by atoms with E-state index in [4.69, 9.17) is 23.9 Å².